The summed E-state index contributed by atoms with van der Waals surface area (Å²) in [6.45, 7) is 1.43. The highest BCUT2D eigenvalue weighted by Gasteiger charge is 2.11. The molecular weight excluding hydrogens is 224 g/mol. The van der Waals surface area contributed by atoms with Crippen LogP contribution in [0.1, 0.15) is 12.5 Å². The number of carboxylic acid groups (broad SMARTS) is 2. The molecule has 0 amide bonds. The molecule has 0 spiro atoms. The maximum absolute atomic E-state index is 10.5. The molecule has 1 atom stereocenters. The summed E-state index contributed by atoms with van der Waals surface area (Å²) in [5.41, 5.74) is 0.697. The first-order valence-corrected chi connectivity index (χ1v) is 4.89. The Morgan fingerprint density at radius 1 is 1.24 bits per heavy atom. The van der Waals surface area contributed by atoms with Crippen molar-refractivity contribution in [1.29, 1.82) is 0 Å². The van der Waals surface area contributed by atoms with Crippen LogP contribution < -0.4 is 4.74 Å². The van der Waals surface area contributed by atoms with E-state index >= 15 is 0 Å². The monoisotopic (exact) mass is 236 g/mol. The lowest BCUT2D eigenvalue weighted by Gasteiger charge is -2.09. The summed E-state index contributed by atoms with van der Waals surface area (Å²) in [6, 6.07) is 6.45. The Balaban J connectivity index is 2.68. The van der Waals surface area contributed by atoms with Gasteiger partial charge in [0.1, 0.15) is 5.75 Å². The topological polar surface area (TPSA) is 83.8 Å². The van der Waals surface area contributed by atoms with Crippen LogP contribution in [0.2, 0.25) is 0 Å². The van der Waals surface area contributed by atoms with Crippen molar-refractivity contribution in [1.82, 2.24) is 0 Å². The van der Waals surface area contributed by atoms with Gasteiger partial charge in [-0.1, -0.05) is 12.1 Å². The number of hydrogen-bond acceptors (Lipinski definition) is 3. The van der Waals surface area contributed by atoms with Gasteiger partial charge < -0.3 is 14.9 Å². The molecule has 0 aliphatic rings. The maximum atomic E-state index is 10.5. The van der Waals surface area contributed by atoms with E-state index in [2.05, 4.69) is 0 Å². The lowest BCUT2D eigenvalue weighted by molar-refractivity contribution is -0.144. The molecule has 0 aliphatic heterocycles. The molecule has 1 aromatic rings. The van der Waals surface area contributed by atoms with Gasteiger partial charge in [-0.25, -0.2) is 9.59 Å². The van der Waals surface area contributed by atoms with Crippen LogP contribution in [0, 0.1) is 0 Å². The van der Waals surface area contributed by atoms with Crippen LogP contribution in [-0.4, -0.2) is 28.3 Å². The van der Waals surface area contributed by atoms with Gasteiger partial charge >= 0.3 is 11.9 Å². The number of aliphatic carboxylic acids is 2. The highest BCUT2D eigenvalue weighted by molar-refractivity contribution is 5.85. The molecule has 90 valence electrons. The Hall–Kier alpha value is -2.30. The Morgan fingerprint density at radius 3 is 2.29 bits per heavy atom. The summed E-state index contributed by atoms with van der Waals surface area (Å²) in [5, 5.41) is 17.1. The van der Waals surface area contributed by atoms with Crippen LogP contribution in [0.4, 0.5) is 0 Å². The summed E-state index contributed by atoms with van der Waals surface area (Å²) in [7, 11) is 0. The van der Waals surface area contributed by atoms with Gasteiger partial charge in [0.25, 0.3) is 0 Å². The minimum atomic E-state index is -1.04. The van der Waals surface area contributed by atoms with Crippen molar-refractivity contribution in [2.45, 2.75) is 13.0 Å². The summed E-state index contributed by atoms with van der Waals surface area (Å²) in [5.74, 6) is -1.64. The second-order valence-electron chi connectivity index (χ2n) is 3.34. The van der Waals surface area contributed by atoms with Crippen molar-refractivity contribution in [3.8, 4) is 5.75 Å². The molecule has 0 saturated carbocycles. The van der Waals surface area contributed by atoms with Gasteiger partial charge in [0.05, 0.1) is 0 Å². The summed E-state index contributed by atoms with van der Waals surface area (Å²) in [6.07, 6.45) is 1.54. The van der Waals surface area contributed by atoms with Gasteiger partial charge in [0.15, 0.2) is 6.10 Å². The van der Waals surface area contributed by atoms with Gasteiger partial charge in [-0.05, 0) is 30.7 Å². The van der Waals surface area contributed by atoms with Gasteiger partial charge in [-0.15, -0.1) is 0 Å². The van der Waals surface area contributed by atoms with Crippen molar-refractivity contribution in [3.63, 3.8) is 0 Å². The first kappa shape index (κ1) is 12.8. The molecular formula is C12H12O5. The number of ether oxygens (including phenoxy) is 1. The van der Waals surface area contributed by atoms with Gasteiger partial charge in [-0.2, -0.15) is 0 Å². The van der Waals surface area contributed by atoms with E-state index in [0.29, 0.717) is 11.3 Å². The first-order chi connectivity index (χ1) is 7.99. The highest BCUT2D eigenvalue weighted by atomic mass is 16.5. The van der Waals surface area contributed by atoms with Crippen molar-refractivity contribution in [3.05, 3.63) is 35.9 Å². The average molecular weight is 236 g/mol. The third kappa shape index (κ3) is 4.38. The Labute approximate surface area is 98.0 Å². The zero-order valence-electron chi connectivity index (χ0n) is 9.16. The molecule has 0 aliphatic carbocycles. The quantitative estimate of drug-likeness (QED) is 0.759. The minimum absolute atomic E-state index is 0.423. The molecule has 0 saturated heterocycles. The predicted octanol–water partition coefficient (Wildman–Crippen LogP) is 1.64. The molecule has 1 unspecified atom stereocenters. The van der Waals surface area contributed by atoms with E-state index in [1.807, 2.05) is 0 Å². The van der Waals surface area contributed by atoms with Gasteiger partial charge in [-0.3, -0.25) is 0 Å². The van der Waals surface area contributed by atoms with E-state index in [-0.39, 0.29) is 0 Å². The normalized spacial score (nSPS) is 12.3. The number of carbonyl (C=O) groups is 2. The highest BCUT2D eigenvalue weighted by Crippen LogP contribution is 2.14. The van der Waals surface area contributed by atoms with Crippen molar-refractivity contribution >= 4 is 18.0 Å². The van der Waals surface area contributed by atoms with Crippen LogP contribution in [0.25, 0.3) is 6.08 Å². The lowest BCUT2D eigenvalue weighted by atomic mass is 10.2. The van der Waals surface area contributed by atoms with Crippen molar-refractivity contribution in [2.75, 3.05) is 0 Å². The second-order valence-corrected chi connectivity index (χ2v) is 3.34. The molecule has 0 aromatic heterocycles. The van der Waals surface area contributed by atoms with E-state index in [9.17, 15) is 9.59 Å². The zero-order chi connectivity index (χ0) is 12.8. The summed E-state index contributed by atoms with van der Waals surface area (Å²) in [4.78, 5) is 20.8. The molecule has 2 N–H and O–H groups in total. The summed E-state index contributed by atoms with van der Waals surface area (Å²) >= 11 is 0. The van der Waals surface area contributed by atoms with Crippen LogP contribution in [0.15, 0.2) is 30.3 Å². The SMILES string of the molecule is CC(Oc1ccc(/C=C/C(=O)O)cc1)C(=O)O. The average Bonchev–Trinajstić information content (AvgIpc) is 2.28. The van der Waals surface area contributed by atoms with Crippen LogP contribution in [0.3, 0.4) is 0 Å². The smallest absolute Gasteiger partial charge is 0.344 e. The maximum Gasteiger partial charge on any atom is 0.344 e. The van der Waals surface area contributed by atoms with Gasteiger partial charge in [0.2, 0.25) is 0 Å². The number of rotatable bonds is 5. The molecule has 5 heteroatoms. The van der Waals surface area contributed by atoms with Gasteiger partial charge in [0, 0.05) is 6.08 Å². The van der Waals surface area contributed by atoms with Crippen LogP contribution in [0.5, 0.6) is 5.75 Å². The molecule has 0 heterocycles. The zero-order valence-corrected chi connectivity index (χ0v) is 9.16. The van der Waals surface area contributed by atoms with E-state index in [4.69, 9.17) is 14.9 Å². The minimum Gasteiger partial charge on any atom is -0.479 e. The molecule has 0 radical (unpaired) electrons. The van der Waals surface area contributed by atoms with E-state index in [1.165, 1.54) is 13.0 Å². The van der Waals surface area contributed by atoms with Crippen LogP contribution >= 0.6 is 0 Å². The third-order valence-corrected chi connectivity index (χ3v) is 1.96. The van der Waals surface area contributed by atoms with E-state index < -0.39 is 18.0 Å². The molecule has 1 rings (SSSR count). The van der Waals surface area contributed by atoms with Crippen LogP contribution in [-0.2, 0) is 9.59 Å². The van der Waals surface area contributed by atoms with E-state index in [0.717, 1.165) is 6.08 Å². The molecule has 0 bridgehead atoms. The fourth-order valence-corrected chi connectivity index (χ4v) is 1.08. The fourth-order valence-electron chi connectivity index (χ4n) is 1.08. The summed E-state index contributed by atoms with van der Waals surface area (Å²) < 4.78 is 5.12. The van der Waals surface area contributed by atoms with E-state index in [1.54, 1.807) is 24.3 Å². The molecule has 1 aromatic carbocycles. The number of carboxylic acids is 2. The first-order valence-electron chi connectivity index (χ1n) is 4.89. The second kappa shape index (κ2) is 5.69. The Bertz CT molecular complexity index is 433. The Morgan fingerprint density at radius 2 is 1.82 bits per heavy atom. The predicted molar refractivity (Wildman–Crippen MR) is 60.8 cm³/mol. The molecule has 17 heavy (non-hydrogen) atoms. The number of benzene rings is 1. The van der Waals surface area contributed by atoms with Crippen molar-refractivity contribution < 1.29 is 24.5 Å². The Kier molecular flexibility index (Phi) is 4.28. The standard InChI is InChI=1S/C12H12O5/c1-8(12(15)16)17-10-5-2-9(3-6-10)4-7-11(13)14/h2-8H,1H3,(H,13,14)(H,15,16)/b7-4+. The third-order valence-electron chi connectivity index (χ3n) is 1.96. The molecule has 0 fully saturated rings. The van der Waals surface area contributed by atoms with Crippen molar-refractivity contribution in [2.24, 2.45) is 0 Å². The largest absolute Gasteiger partial charge is 0.479 e. The number of hydrogen-bond donors (Lipinski definition) is 2. The molecule has 5 nitrogen and oxygen atoms in total. The lowest BCUT2D eigenvalue weighted by Crippen LogP contribution is -2.22. The fraction of sp³-hybridized carbons (Fsp3) is 0.167.